The number of amides is 2. The van der Waals surface area contributed by atoms with Crippen LogP contribution in [-0.2, 0) is 22.3 Å². The van der Waals surface area contributed by atoms with Gasteiger partial charge in [-0.05, 0) is 36.6 Å². The lowest BCUT2D eigenvalue weighted by Gasteiger charge is -2.23. The Kier molecular flexibility index (Phi) is 8.38. The average Bonchev–Trinajstić information content (AvgIpc) is 3.27. The Labute approximate surface area is 237 Å². The van der Waals surface area contributed by atoms with Gasteiger partial charge in [-0.2, -0.15) is 13.2 Å². The van der Waals surface area contributed by atoms with Gasteiger partial charge in [-0.25, -0.2) is 15.0 Å². The molecule has 1 fully saturated rings. The van der Waals surface area contributed by atoms with E-state index in [-0.39, 0.29) is 37.3 Å². The molecule has 0 radical (unpaired) electrons. The number of benzene rings is 1. The summed E-state index contributed by atoms with van der Waals surface area (Å²) in [6, 6.07) is 8.57. The lowest BCUT2D eigenvalue weighted by Crippen LogP contribution is -2.39. The predicted molar refractivity (Wildman–Crippen MR) is 142 cm³/mol. The first-order chi connectivity index (χ1) is 19.6. The molecule has 2 aliphatic rings. The van der Waals surface area contributed by atoms with Crippen molar-refractivity contribution in [3.8, 4) is 11.3 Å². The Hall–Kier alpha value is -3.81. The fraction of sp³-hybridized carbons (Fsp3) is 0.370. The molecule has 2 aliphatic heterocycles. The summed E-state index contributed by atoms with van der Waals surface area (Å²) in [6.07, 6.45) is -2.95. The minimum absolute atomic E-state index is 0.182. The molecule has 41 heavy (non-hydrogen) atoms. The molecule has 1 atom stereocenters. The molecule has 1 saturated heterocycles. The Bertz CT molecular complexity index is 1450. The van der Waals surface area contributed by atoms with Crippen LogP contribution in [0.5, 0.6) is 0 Å². The van der Waals surface area contributed by atoms with E-state index in [1.807, 2.05) is 0 Å². The van der Waals surface area contributed by atoms with Crippen LogP contribution in [-0.4, -0.2) is 69.1 Å². The lowest BCUT2D eigenvalue weighted by molar-refractivity contribution is -0.141. The molecule has 0 saturated carbocycles. The van der Waals surface area contributed by atoms with Gasteiger partial charge in [-0.3, -0.25) is 9.59 Å². The highest BCUT2D eigenvalue weighted by Crippen LogP contribution is 2.32. The van der Waals surface area contributed by atoms with Gasteiger partial charge in [0.25, 0.3) is 5.91 Å². The minimum atomic E-state index is -4.66. The van der Waals surface area contributed by atoms with Crippen LogP contribution in [0.25, 0.3) is 11.3 Å². The van der Waals surface area contributed by atoms with Crippen molar-refractivity contribution >= 4 is 29.4 Å². The van der Waals surface area contributed by atoms with Crippen LogP contribution in [0.3, 0.4) is 0 Å². The number of ether oxygens (including phenoxy) is 1. The van der Waals surface area contributed by atoms with E-state index < -0.39 is 23.9 Å². The SMILES string of the molecule is O=C(CN1Cc2ccc(-c3nc(NC4CCOCC4)ncc3Cl)cc2C1=O)NCC(O)c1cccc(C(F)(F)F)n1. The molecule has 216 valence electrons. The highest BCUT2D eigenvalue weighted by Gasteiger charge is 2.33. The number of alkyl halides is 3. The molecule has 3 N–H and O–H groups in total. The second-order valence-electron chi connectivity index (χ2n) is 9.72. The van der Waals surface area contributed by atoms with E-state index in [9.17, 15) is 27.9 Å². The number of anilines is 1. The van der Waals surface area contributed by atoms with E-state index in [2.05, 4.69) is 25.6 Å². The number of pyridine rings is 1. The van der Waals surface area contributed by atoms with Gasteiger partial charge in [0.2, 0.25) is 11.9 Å². The van der Waals surface area contributed by atoms with Crippen molar-refractivity contribution in [1.29, 1.82) is 0 Å². The molecule has 5 rings (SSSR count). The van der Waals surface area contributed by atoms with Crippen molar-refractivity contribution in [2.75, 3.05) is 31.6 Å². The third-order valence-electron chi connectivity index (χ3n) is 6.79. The van der Waals surface area contributed by atoms with Crippen LogP contribution in [0.1, 0.15) is 46.3 Å². The van der Waals surface area contributed by atoms with Gasteiger partial charge in [0.05, 0.1) is 22.6 Å². The molecule has 10 nitrogen and oxygen atoms in total. The molecule has 0 aliphatic carbocycles. The van der Waals surface area contributed by atoms with E-state index in [1.165, 1.54) is 17.2 Å². The number of halogens is 4. The number of aromatic nitrogens is 3. The van der Waals surface area contributed by atoms with Crippen molar-refractivity contribution in [3.63, 3.8) is 0 Å². The van der Waals surface area contributed by atoms with Crippen LogP contribution in [0.2, 0.25) is 5.02 Å². The number of nitrogens with zero attached hydrogens (tertiary/aromatic N) is 4. The zero-order chi connectivity index (χ0) is 29.1. The number of hydrogen-bond donors (Lipinski definition) is 3. The van der Waals surface area contributed by atoms with Crippen molar-refractivity contribution in [2.45, 2.75) is 37.7 Å². The number of nitrogens with one attached hydrogen (secondary N) is 2. The van der Waals surface area contributed by atoms with Crippen molar-refractivity contribution in [1.82, 2.24) is 25.2 Å². The highest BCUT2D eigenvalue weighted by atomic mass is 35.5. The number of carbonyl (C=O) groups excluding carboxylic acids is 2. The minimum Gasteiger partial charge on any atom is -0.385 e. The number of rotatable bonds is 8. The number of aliphatic hydroxyl groups excluding tert-OH is 1. The fourth-order valence-corrected chi connectivity index (χ4v) is 4.84. The van der Waals surface area contributed by atoms with Crippen molar-refractivity contribution in [3.05, 3.63) is 70.1 Å². The Morgan fingerprint density at radius 1 is 1.20 bits per heavy atom. The van der Waals surface area contributed by atoms with E-state index >= 15 is 0 Å². The summed E-state index contributed by atoms with van der Waals surface area (Å²) in [7, 11) is 0. The monoisotopic (exact) mass is 590 g/mol. The van der Waals surface area contributed by atoms with Gasteiger partial charge in [0.15, 0.2) is 0 Å². The first kappa shape index (κ1) is 28.7. The zero-order valence-corrected chi connectivity index (χ0v) is 22.4. The van der Waals surface area contributed by atoms with Crippen molar-refractivity contribution in [2.24, 2.45) is 0 Å². The molecule has 1 aromatic carbocycles. The molecule has 4 heterocycles. The molecule has 1 unspecified atom stereocenters. The first-order valence-electron chi connectivity index (χ1n) is 12.9. The van der Waals surface area contributed by atoms with Crippen LogP contribution < -0.4 is 10.6 Å². The van der Waals surface area contributed by atoms with Gasteiger partial charge in [-0.15, -0.1) is 0 Å². The van der Waals surface area contributed by atoms with Gasteiger partial charge in [-0.1, -0.05) is 29.8 Å². The molecular formula is C27H26ClF3N6O4. The van der Waals surface area contributed by atoms with Crippen LogP contribution in [0, 0.1) is 0 Å². The summed E-state index contributed by atoms with van der Waals surface area (Å²) in [6.45, 7) is 0.829. The summed E-state index contributed by atoms with van der Waals surface area (Å²) >= 11 is 6.39. The smallest absolute Gasteiger partial charge is 0.385 e. The van der Waals surface area contributed by atoms with Crippen molar-refractivity contribution < 1.29 is 32.6 Å². The van der Waals surface area contributed by atoms with E-state index in [0.29, 0.717) is 46.6 Å². The molecule has 2 aromatic heterocycles. The number of fused-ring (bicyclic) bond motifs is 1. The van der Waals surface area contributed by atoms with Crippen LogP contribution >= 0.6 is 11.6 Å². The third kappa shape index (κ3) is 6.75. The highest BCUT2D eigenvalue weighted by molar-refractivity contribution is 6.33. The van der Waals surface area contributed by atoms with Crippen LogP contribution in [0.4, 0.5) is 19.1 Å². The summed E-state index contributed by atoms with van der Waals surface area (Å²) in [4.78, 5) is 39.2. The van der Waals surface area contributed by atoms with E-state index in [1.54, 1.807) is 18.2 Å². The Morgan fingerprint density at radius 3 is 2.73 bits per heavy atom. The summed E-state index contributed by atoms with van der Waals surface area (Å²) in [5.74, 6) is -0.535. The second-order valence-corrected chi connectivity index (χ2v) is 10.1. The summed E-state index contributed by atoms with van der Waals surface area (Å²) in [5, 5.41) is 16.3. The maximum Gasteiger partial charge on any atom is 0.433 e. The largest absolute Gasteiger partial charge is 0.433 e. The molecule has 0 spiro atoms. The fourth-order valence-electron chi connectivity index (χ4n) is 4.64. The lowest BCUT2D eigenvalue weighted by atomic mass is 10.0. The zero-order valence-electron chi connectivity index (χ0n) is 21.6. The molecular weight excluding hydrogens is 565 g/mol. The van der Waals surface area contributed by atoms with Gasteiger partial charge in [0.1, 0.15) is 18.3 Å². The standard InChI is InChI=1S/C27H26ClF3N6O4/c28-19-11-33-26(34-17-6-8-41-9-7-17)36-24(19)15-4-5-16-13-37(25(40)18(16)10-15)14-23(39)32-12-21(38)20-2-1-3-22(35-20)27(29,30)31/h1-5,10-11,17,21,38H,6-9,12-14H2,(H,32,39)(H,33,34,36). The molecule has 0 bridgehead atoms. The topological polar surface area (TPSA) is 130 Å². The van der Waals surface area contributed by atoms with Gasteiger partial charge >= 0.3 is 6.18 Å². The molecule has 2 amide bonds. The molecule has 3 aromatic rings. The summed E-state index contributed by atoms with van der Waals surface area (Å²) in [5.41, 5.74) is 0.812. The van der Waals surface area contributed by atoms with E-state index in [0.717, 1.165) is 25.0 Å². The quantitative estimate of drug-likeness (QED) is 0.363. The third-order valence-corrected chi connectivity index (χ3v) is 7.07. The maximum absolute atomic E-state index is 13.1. The van der Waals surface area contributed by atoms with Gasteiger partial charge < -0.3 is 25.4 Å². The Morgan fingerprint density at radius 2 is 1.98 bits per heavy atom. The predicted octanol–water partition coefficient (Wildman–Crippen LogP) is 3.61. The number of carbonyl (C=O) groups is 2. The number of aliphatic hydroxyl groups is 1. The second kappa shape index (κ2) is 12.0. The Balaban J connectivity index is 1.21. The van der Waals surface area contributed by atoms with Gasteiger partial charge in [0, 0.05) is 43.5 Å². The first-order valence-corrected chi connectivity index (χ1v) is 13.2. The maximum atomic E-state index is 13.1. The van der Waals surface area contributed by atoms with E-state index in [4.69, 9.17) is 16.3 Å². The average molecular weight is 591 g/mol. The number of hydrogen-bond acceptors (Lipinski definition) is 8. The summed E-state index contributed by atoms with van der Waals surface area (Å²) < 4.78 is 44.1. The normalized spacial score (nSPS) is 16.4. The van der Waals surface area contributed by atoms with Crippen LogP contribution in [0.15, 0.2) is 42.6 Å². The molecule has 14 heteroatoms.